The summed E-state index contributed by atoms with van der Waals surface area (Å²) >= 11 is 0. The van der Waals surface area contributed by atoms with Gasteiger partial charge < -0.3 is 14.5 Å². The van der Waals surface area contributed by atoms with Crippen LogP contribution >= 0.6 is 0 Å². The minimum Gasteiger partial charge on any atom is -0.497 e. The number of hydrogen-bond donors (Lipinski definition) is 1. The van der Waals surface area contributed by atoms with Crippen molar-refractivity contribution < 1.29 is 13.9 Å². The van der Waals surface area contributed by atoms with E-state index >= 15 is 0 Å². The zero-order valence-corrected chi connectivity index (χ0v) is 16.8. The van der Waals surface area contributed by atoms with Crippen molar-refractivity contribution in [3.8, 4) is 17.2 Å². The Balaban J connectivity index is 1.64. The summed E-state index contributed by atoms with van der Waals surface area (Å²) < 4.78 is 11.0. The fourth-order valence-electron chi connectivity index (χ4n) is 3.31. The normalized spacial score (nSPS) is 11.7. The van der Waals surface area contributed by atoms with E-state index in [-0.39, 0.29) is 17.6 Å². The summed E-state index contributed by atoms with van der Waals surface area (Å²) in [6, 6.07) is 26.7. The lowest BCUT2D eigenvalue weighted by Crippen LogP contribution is -2.30. The van der Waals surface area contributed by atoms with Crippen LogP contribution in [0.4, 0.5) is 0 Å². The maximum Gasteiger partial charge on any atom is 0.274 e. The SMILES string of the molecule is COc1ccc([C@@H](NC(=O)c2nc(-c3ccccc3)oc2C)c2ccccc2)cc1. The first-order chi connectivity index (χ1) is 14.7. The first-order valence-corrected chi connectivity index (χ1v) is 9.68. The molecule has 150 valence electrons. The molecule has 5 heteroatoms. The van der Waals surface area contributed by atoms with Crippen molar-refractivity contribution in [2.45, 2.75) is 13.0 Å². The summed E-state index contributed by atoms with van der Waals surface area (Å²) in [6.07, 6.45) is 0. The zero-order chi connectivity index (χ0) is 20.9. The minimum absolute atomic E-state index is 0.281. The van der Waals surface area contributed by atoms with E-state index < -0.39 is 0 Å². The van der Waals surface area contributed by atoms with Crippen molar-refractivity contribution in [2.75, 3.05) is 7.11 Å². The predicted molar refractivity (Wildman–Crippen MR) is 115 cm³/mol. The fraction of sp³-hybridized carbons (Fsp3) is 0.120. The lowest BCUT2D eigenvalue weighted by Gasteiger charge is -2.19. The van der Waals surface area contributed by atoms with E-state index in [4.69, 9.17) is 9.15 Å². The quantitative estimate of drug-likeness (QED) is 0.486. The Bertz CT molecular complexity index is 1120. The number of methoxy groups -OCH3 is 1. The van der Waals surface area contributed by atoms with Crippen LogP contribution in [-0.2, 0) is 0 Å². The Hall–Kier alpha value is -3.86. The van der Waals surface area contributed by atoms with E-state index in [0.29, 0.717) is 11.7 Å². The van der Waals surface area contributed by atoms with Crippen molar-refractivity contribution in [2.24, 2.45) is 0 Å². The Morgan fingerprint density at radius 1 is 0.900 bits per heavy atom. The second-order valence-electron chi connectivity index (χ2n) is 6.88. The highest BCUT2D eigenvalue weighted by Gasteiger charge is 2.23. The van der Waals surface area contributed by atoms with E-state index in [9.17, 15) is 4.79 Å². The van der Waals surface area contributed by atoms with Crippen LogP contribution in [0.1, 0.15) is 33.4 Å². The third kappa shape index (κ3) is 4.10. The number of aromatic nitrogens is 1. The second-order valence-corrected chi connectivity index (χ2v) is 6.88. The maximum absolute atomic E-state index is 13.1. The van der Waals surface area contributed by atoms with Crippen LogP contribution in [0.15, 0.2) is 89.3 Å². The lowest BCUT2D eigenvalue weighted by molar-refractivity contribution is 0.0937. The molecule has 0 aliphatic carbocycles. The molecule has 0 spiro atoms. The topological polar surface area (TPSA) is 64.4 Å². The summed E-state index contributed by atoms with van der Waals surface area (Å²) in [4.78, 5) is 17.6. The number of carbonyl (C=O) groups excluding carboxylic acids is 1. The van der Waals surface area contributed by atoms with E-state index in [2.05, 4.69) is 10.3 Å². The molecular formula is C25H22N2O3. The molecule has 30 heavy (non-hydrogen) atoms. The summed E-state index contributed by atoms with van der Waals surface area (Å²) in [5.74, 6) is 1.38. The van der Waals surface area contributed by atoms with Gasteiger partial charge in [-0.25, -0.2) is 4.98 Å². The number of nitrogens with zero attached hydrogens (tertiary/aromatic N) is 1. The number of amides is 1. The van der Waals surface area contributed by atoms with E-state index in [1.54, 1.807) is 14.0 Å². The number of benzene rings is 3. The van der Waals surface area contributed by atoms with Gasteiger partial charge in [0.25, 0.3) is 5.91 Å². The number of rotatable bonds is 6. The van der Waals surface area contributed by atoms with Gasteiger partial charge in [-0.2, -0.15) is 0 Å². The molecule has 1 heterocycles. The number of ether oxygens (including phenoxy) is 1. The molecule has 4 rings (SSSR count). The predicted octanol–water partition coefficient (Wildman–Crippen LogP) is 5.18. The van der Waals surface area contributed by atoms with Crippen LogP contribution in [0, 0.1) is 6.92 Å². The first-order valence-electron chi connectivity index (χ1n) is 9.68. The number of carbonyl (C=O) groups is 1. The standard InChI is InChI=1S/C25H22N2O3/c1-17-22(27-25(30-17)20-11-7-4-8-12-20)24(28)26-23(18-9-5-3-6-10-18)19-13-15-21(29-2)16-14-19/h3-16,23H,1-2H3,(H,26,28)/t23-/m0/s1. The van der Waals surface area contributed by atoms with Crippen LogP contribution in [0.5, 0.6) is 5.75 Å². The summed E-state index contributed by atoms with van der Waals surface area (Å²) in [7, 11) is 1.63. The smallest absolute Gasteiger partial charge is 0.274 e. The average Bonchev–Trinajstić information content (AvgIpc) is 3.20. The van der Waals surface area contributed by atoms with Crippen molar-refractivity contribution in [3.63, 3.8) is 0 Å². The van der Waals surface area contributed by atoms with Gasteiger partial charge in [0, 0.05) is 5.56 Å². The Morgan fingerprint density at radius 2 is 1.50 bits per heavy atom. The monoisotopic (exact) mass is 398 g/mol. The molecule has 0 aliphatic heterocycles. The molecule has 0 bridgehead atoms. The van der Waals surface area contributed by atoms with Gasteiger partial charge in [0.2, 0.25) is 5.89 Å². The van der Waals surface area contributed by atoms with Crippen LogP contribution in [-0.4, -0.2) is 18.0 Å². The highest BCUT2D eigenvalue weighted by Crippen LogP contribution is 2.26. The van der Waals surface area contributed by atoms with Crippen LogP contribution in [0.3, 0.4) is 0 Å². The largest absolute Gasteiger partial charge is 0.497 e. The molecule has 5 nitrogen and oxygen atoms in total. The molecule has 0 unspecified atom stereocenters. The lowest BCUT2D eigenvalue weighted by atomic mass is 9.98. The summed E-state index contributed by atoms with van der Waals surface area (Å²) in [5.41, 5.74) is 3.03. The molecular weight excluding hydrogens is 376 g/mol. The first kappa shape index (κ1) is 19.5. The molecule has 0 saturated carbocycles. The Kier molecular flexibility index (Phi) is 5.61. The molecule has 1 atom stereocenters. The van der Waals surface area contributed by atoms with Crippen molar-refractivity contribution in [1.29, 1.82) is 0 Å². The molecule has 1 N–H and O–H groups in total. The fourth-order valence-corrected chi connectivity index (χ4v) is 3.31. The van der Waals surface area contributed by atoms with Gasteiger partial charge in [-0.1, -0.05) is 60.7 Å². The number of aryl methyl sites for hydroxylation is 1. The van der Waals surface area contributed by atoms with Crippen molar-refractivity contribution in [1.82, 2.24) is 10.3 Å². The third-order valence-corrected chi connectivity index (χ3v) is 4.89. The molecule has 0 radical (unpaired) electrons. The van der Waals surface area contributed by atoms with Crippen LogP contribution in [0.25, 0.3) is 11.5 Å². The Morgan fingerprint density at radius 3 is 2.13 bits per heavy atom. The maximum atomic E-state index is 13.1. The highest BCUT2D eigenvalue weighted by molar-refractivity contribution is 5.94. The van der Waals surface area contributed by atoms with Gasteiger partial charge in [0.05, 0.1) is 13.2 Å². The van der Waals surface area contributed by atoms with E-state index in [0.717, 1.165) is 22.4 Å². The number of nitrogens with one attached hydrogen (secondary N) is 1. The summed E-state index contributed by atoms with van der Waals surface area (Å²) in [6.45, 7) is 1.75. The molecule has 0 fully saturated rings. The molecule has 1 amide bonds. The molecule has 1 aromatic heterocycles. The van der Waals surface area contributed by atoms with Gasteiger partial charge in [-0.3, -0.25) is 4.79 Å². The number of oxazole rings is 1. The highest BCUT2D eigenvalue weighted by atomic mass is 16.5. The minimum atomic E-state index is -0.333. The van der Waals surface area contributed by atoms with E-state index in [1.807, 2.05) is 84.9 Å². The van der Waals surface area contributed by atoms with Crippen molar-refractivity contribution in [3.05, 3.63) is 108 Å². The molecule has 4 aromatic rings. The average molecular weight is 398 g/mol. The van der Waals surface area contributed by atoms with Gasteiger partial charge in [0.1, 0.15) is 11.5 Å². The number of hydrogen-bond acceptors (Lipinski definition) is 4. The second kappa shape index (κ2) is 8.66. The third-order valence-electron chi connectivity index (χ3n) is 4.89. The van der Waals surface area contributed by atoms with Gasteiger partial charge in [-0.05, 0) is 42.3 Å². The van der Waals surface area contributed by atoms with E-state index in [1.165, 1.54) is 0 Å². The summed E-state index contributed by atoms with van der Waals surface area (Å²) in [5, 5.41) is 3.11. The molecule has 3 aromatic carbocycles. The van der Waals surface area contributed by atoms with Gasteiger partial charge in [0.15, 0.2) is 5.69 Å². The van der Waals surface area contributed by atoms with Crippen LogP contribution < -0.4 is 10.1 Å². The molecule has 0 aliphatic rings. The van der Waals surface area contributed by atoms with Crippen LogP contribution in [0.2, 0.25) is 0 Å². The van der Waals surface area contributed by atoms with Gasteiger partial charge in [-0.15, -0.1) is 0 Å². The molecule has 0 saturated heterocycles. The van der Waals surface area contributed by atoms with Gasteiger partial charge >= 0.3 is 0 Å². The zero-order valence-electron chi connectivity index (χ0n) is 16.8. The van der Waals surface area contributed by atoms with Crippen molar-refractivity contribution >= 4 is 5.91 Å². The Labute approximate surface area is 175 Å².